The number of nitrogens with one attached hydrogen (secondary N) is 1. The Morgan fingerprint density at radius 2 is 1.50 bits per heavy atom. The molecule has 7 heteroatoms. The third-order valence-corrected chi connectivity index (χ3v) is 5.26. The molecule has 5 rings (SSSR count). The molecule has 7 nitrogen and oxygen atoms in total. The Morgan fingerprint density at radius 1 is 0.812 bits per heavy atom. The molecule has 2 heterocycles. The summed E-state index contributed by atoms with van der Waals surface area (Å²) in [7, 11) is 0. The van der Waals surface area contributed by atoms with E-state index in [2.05, 4.69) is 10.4 Å². The van der Waals surface area contributed by atoms with Gasteiger partial charge in [-0.2, -0.15) is 5.10 Å². The van der Waals surface area contributed by atoms with Crippen molar-refractivity contribution in [3.63, 3.8) is 0 Å². The summed E-state index contributed by atoms with van der Waals surface area (Å²) in [4.78, 5) is 39.2. The number of rotatable bonds is 5. The lowest BCUT2D eigenvalue weighted by Crippen LogP contribution is -2.29. The molecule has 156 valence electrons. The van der Waals surface area contributed by atoms with Gasteiger partial charge >= 0.3 is 0 Å². The normalized spacial score (nSPS) is 12.7. The van der Waals surface area contributed by atoms with Gasteiger partial charge in [0, 0.05) is 17.8 Å². The zero-order valence-electron chi connectivity index (χ0n) is 16.9. The van der Waals surface area contributed by atoms with Crippen molar-refractivity contribution in [3.05, 3.63) is 113 Å². The van der Waals surface area contributed by atoms with Gasteiger partial charge in [-0.3, -0.25) is 19.3 Å². The predicted molar refractivity (Wildman–Crippen MR) is 119 cm³/mol. The minimum absolute atomic E-state index is 0.0934. The van der Waals surface area contributed by atoms with Gasteiger partial charge in [0.1, 0.15) is 0 Å². The molecular formula is C25H18N4O3. The number of imide groups is 1. The lowest BCUT2D eigenvalue weighted by molar-refractivity contribution is 0.0642. The van der Waals surface area contributed by atoms with Crippen LogP contribution in [0.15, 0.2) is 91.1 Å². The monoisotopic (exact) mass is 422 g/mol. The van der Waals surface area contributed by atoms with E-state index < -0.39 is 0 Å². The molecule has 3 amide bonds. The van der Waals surface area contributed by atoms with Crippen LogP contribution in [0.2, 0.25) is 0 Å². The molecule has 4 aromatic rings. The summed E-state index contributed by atoms with van der Waals surface area (Å²) < 4.78 is 1.67. The number of fused-ring (bicyclic) bond motifs is 1. The van der Waals surface area contributed by atoms with Crippen molar-refractivity contribution in [3.8, 4) is 5.69 Å². The van der Waals surface area contributed by atoms with E-state index in [0.29, 0.717) is 28.1 Å². The molecule has 0 spiro atoms. The first-order valence-corrected chi connectivity index (χ1v) is 10.1. The smallest absolute Gasteiger partial charge is 0.261 e. The number of benzene rings is 3. The first kappa shape index (κ1) is 19.4. The van der Waals surface area contributed by atoms with Gasteiger partial charge in [-0.05, 0) is 42.0 Å². The fourth-order valence-corrected chi connectivity index (χ4v) is 3.68. The fraction of sp³-hybridized carbons (Fsp3) is 0.0400. The van der Waals surface area contributed by atoms with E-state index in [0.717, 1.165) is 5.69 Å². The molecule has 1 N–H and O–H groups in total. The van der Waals surface area contributed by atoms with E-state index in [4.69, 9.17) is 0 Å². The molecule has 1 aliphatic rings. The van der Waals surface area contributed by atoms with E-state index in [1.54, 1.807) is 65.5 Å². The van der Waals surface area contributed by atoms with Crippen LogP contribution in [0, 0.1) is 0 Å². The third-order valence-electron chi connectivity index (χ3n) is 5.26. The molecule has 0 radical (unpaired) electrons. The second kappa shape index (κ2) is 7.96. The van der Waals surface area contributed by atoms with E-state index in [9.17, 15) is 14.4 Å². The summed E-state index contributed by atoms with van der Waals surface area (Å²) in [5.41, 5.74) is 2.78. The van der Waals surface area contributed by atoms with Gasteiger partial charge in [-0.25, -0.2) is 4.68 Å². The molecular weight excluding hydrogens is 404 g/mol. The molecule has 0 atom stereocenters. The van der Waals surface area contributed by atoms with Gasteiger partial charge in [-0.15, -0.1) is 0 Å². The van der Waals surface area contributed by atoms with Crippen molar-refractivity contribution in [1.29, 1.82) is 0 Å². The van der Waals surface area contributed by atoms with Crippen LogP contribution in [0.3, 0.4) is 0 Å². The van der Waals surface area contributed by atoms with Crippen molar-refractivity contribution in [2.24, 2.45) is 0 Å². The van der Waals surface area contributed by atoms with Gasteiger partial charge in [0.25, 0.3) is 17.7 Å². The number of hydrogen-bond donors (Lipinski definition) is 1. The van der Waals surface area contributed by atoms with Gasteiger partial charge < -0.3 is 5.32 Å². The number of nitrogens with zero attached hydrogens (tertiary/aromatic N) is 3. The highest BCUT2D eigenvalue weighted by molar-refractivity contribution is 6.21. The van der Waals surface area contributed by atoms with Crippen LogP contribution in [0.5, 0.6) is 0 Å². The Kier molecular flexibility index (Phi) is 4.84. The molecule has 0 bridgehead atoms. The molecule has 0 saturated heterocycles. The van der Waals surface area contributed by atoms with E-state index in [1.165, 1.54) is 4.90 Å². The maximum atomic E-state index is 12.7. The van der Waals surface area contributed by atoms with Crippen LogP contribution in [-0.4, -0.2) is 32.4 Å². The summed E-state index contributed by atoms with van der Waals surface area (Å²) in [6, 6.07) is 24.9. The zero-order chi connectivity index (χ0) is 22.1. The summed E-state index contributed by atoms with van der Waals surface area (Å²) in [5, 5.41) is 7.16. The van der Waals surface area contributed by atoms with Crippen LogP contribution in [0.25, 0.3) is 5.69 Å². The van der Waals surface area contributed by atoms with Crippen molar-refractivity contribution < 1.29 is 14.4 Å². The number of aromatic nitrogens is 2. The van der Waals surface area contributed by atoms with E-state index in [-0.39, 0.29) is 24.3 Å². The highest BCUT2D eigenvalue weighted by atomic mass is 16.2. The quantitative estimate of drug-likeness (QED) is 0.494. The second-order valence-corrected chi connectivity index (χ2v) is 7.38. The Morgan fingerprint density at radius 3 is 2.22 bits per heavy atom. The minimum Gasteiger partial charge on any atom is -0.305 e. The largest absolute Gasteiger partial charge is 0.305 e. The number of amides is 3. The Bertz CT molecular complexity index is 1310. The first-order valence-electron chi connectivity index (χ1n) is 10.1. The molecule has 1 aliphatic heterocycles. The van der Waals surface area contributed by atoms with Crippen LogP contribution in [-0.2, 0) is 6.54 Å². The van der Waals surface area contributed by atoms with Gasteiger partial charge in [0.15, 0.2) is 5.82 Å². The average molecular weight is 422 g/mol. The minimum atomic E-state index is -0.327. The highest BCUT2D eigenvalue weighted by Crippen LogP contribution is 2.24. The topological polar surface area (TPSA) is 84.3 Å². The lowest BCUT2D eigenvalue weighted by atomic mass is 10.1. The maximum absolute atomic E-state index is 12.7. The first-order chi connectivity index (χ1) is 15.6. The standard InChI is InChI=1S/C25H18N4O3/c30-23(26-22-13-14-29(27-22)19-9-2-1-3-10-19)18-8-6-7-17(15-18)16-28-24(31)20-11-4-5-12-21(20)25(28)32/h1-15H,16H2,(H,26,27,30). The highest BCUT2D eigenvalue weighted by Gasteiger charge is 2.35. The molecule has 0 fully saturated rings. The molecule has 32 heavy (non-hydrogen) atoms. The van der Waals surface area contributed by atoms with E-state index in [1.807, 2.05) is 30.3 Å². The van der Waals surface area contributed by atoms with Gasteiger partial charge in [-0.1, -0.05) is 42.5 Å². The van der Waals surface area contributed by atoms with Crippen LogP contribution >= 0.6 is 0 Å². The van der Waals surface area contributed by atoms with Crippen LogP contribution in [0.1, 0.15) is 36.6 Å². The zero-order valence-corrected chi connectivity index (χ0v) is 16.9. The molecule has 0 unspecified atom stereocenters. The Hall–Kier alpha value is -4.52. The number of anilines is 1. The van der Waals surface area contributed by atoms with Crippen molar-refractivity contribution in [2.75, 3.05) is 5.32 Å². The maximum Gasteiger partial charge on any atom is 0.261 e. The summed E-state index contributed by atoms with van der Waals surface area (Å²) in [6.07, 6.45) is 1.77. The Balaban J connectivity index is 1.30. The van der Waals surface area contributed by atoms with Crippen LogP contribution < -0.4 is 5.32 Å². The van der Waals surface area contributed by atoms with E-state index >= 15 is 0 Å². The van der Waals surface area contributed by atoms with Crippen molar-refractivity contribution >= 4 is 23.5 Å². The summed E-state index contributed by atoms with van der Waals surface area (Å²) in [6.45, 7) is 0.0934. The Labute approximate surface area is 183 Å². The summed E-state index contributed by atoms with van der Waals surface area (Å²) in [5.74, 6) is -0.559. The van der Waals surface area contributed by atoms with Crippen LogP contribution in [0.4, 0.5) is 5.82 Å². The molecule has 0 aliphatic carbocycles. The van der Waals surface area contributed by atoms with Crippen molar-refractivity contribution in [1.82, 2.24) is 14.7 Å². The number of para-hydroxylation sites is 1. The van der Waals surface area contributed by atoms with Gasteiger partial charge in [0.2, 0.25) is 0 Å². The second-order valence-electron chi connectivity index (χ2n) is 7.38. The number of carbonyl (C=O) groups is 3. The number of carbonyl (C=O) groups excluding carboxylic acids is 3. The number of hydrogen-bond acceptors (Lipinski definition) is 4. The third kappa shape index (κ3) is 3.56. The predicted octanol–water partition coefficient (Wildman–Crippen LogP) is 3.92. The van der Waals surface area contributed by atoms with Gasteiger partial charge in [0.05, 0.1) is 23.4 Å². The SMILES string of the molecule is O=C(Nc1ccn(-c2ccccc2)n1)c1cccc(CN2C(=O)c3ccccc3C2=O)c1. The lowest BCUT2D eigenvalue weighted by Gasteiger charge is -2.14. The summed E-state index contributed by atoms with van der Waals surface area (Å²) >= 11 is 0. The fourth-order valence-electron chi connectivity index (χ4n) is 3.68. The molecule has 0 saturated carbocycles. The van der Waals surface area contributed by atoms with Crippen molar-refractivity contribution in [2.45, 2.75) is 6.54 Å². The average Bonchev–Trinajstić information content (AvgIpc) is 3.39. The molecule has 1 aromatic heterocycles. The molecule has 3 aromatic carbocycles.